The highest BCUT2D eigenvalue weighted by Gasteiger charge is 2.50. The SMILES string of the molecule is CC1(c2nccs2)CC1N. The Morgan fingerprint density at radius 1 is 1.90 bits per heavy atom. The van der Waals surface area contributed by atoms with Crippen LogP contribution in [-0.4, -0.2) is 11.0 Å². The van der Waals surface area contributed by atoms with Crippen molar-refractivity contribution in [1.82, 2.24) is 4.98 Å². The van der Waals surface area contributed by atoms with Crippen LogP contribution in [0.15, 0.2) is 11.6 Å². The van der Waals surface area contributed by atoms with E-state index in [1.807, 2.05) is 11.6 Å². The first-order valence-electron chi connectivity index (χ1n) is 3.39. The van der Waals surface area contributed by atoms with Gasteiger partial charge in [-0.1, -0.05) is 6.92 Å². The first-order chi connectivity index (χ1) is 4.73. The molecular formula is C7H10N2S. The van der Waals surface area contributed by atoms with E-state index in [9.17, 15) is 0 Å². The third kappa shape index (κ3) is 0.707. The number of nitrogens with two attached hydrogens (primary N) is 1. The molecule has 1 heterocycles. The van der Waals surface area contributed by atoms with Gasteiger partial charge in [-0.25, -0.2) is 4.98 Å². The molecule has 0 radical (unpaired) electrons. The Labute approximate surface area is 64.1 Å². The van der Waals surface area contributed by atoms with E-state index in [-0.39, 0.29) is 5.41 Å². The fraction of sp³-hybridized carbons (Fsp3) is 0.571. The smallest absolute Gasteiger partial charge is 0.1000 e. The highest BCUT2D eigenvalue weighted by Crippen LogP contribution is 2.46. The van der Waals surface area contributed by atoms with Gasteiger partial charge in [0.1, 0.15) is 0 Å². The molecule has 1 aromatic heterocycles. The summed E-state index contributed by atoms with van der Waals surface area (Å²) in [5.41, 5.74) is 5.98. The Morgan fingerprint density at radius 2 is 2.60 bits per heavy atom. The van der Waals surface area contributed by atoms with E-state index < -0.39 is 0 Å². The molecule has 2 unspecified atom stereocenters. The second-order valence-electron chi connectivity index (χ2n) is 3.07. The Bertz CT molecular complexity index is 232. The van der Waals surface area contributed by atoms with Crippen molar-refractivity contribution in [2.24, 2.45) is 5.73 Å². The second-order valence-corrected chi connectivity index (χ2v) is 3.96. The van der Waals surface area contributed by atoms with Gasteiger partial charge in [0.05, 0.1) is 5.01 Å². The fourth-order valence-corrected chi connectivity index (χ4v) is 2.03. The number of hydrogen-bond acceptors (Lipinski definition) is 3. The summed E-state index contributed by atoms with van der Waals surface area (Å²) in [4.78, 5) is 4.24. The molecular weight excluding hydrogens is 144 g/mol. The summed E-state index contributed by atoms with van der Waals surface area (Å²) in [5.74, 6) is 0. The molecule has 1 fully saturated rings. The highest BCUT2D eigenvalue weighted by molar-refractivity contribution is 7.09. The lowest BCUT2D eigenvalue weighted by molar-refractivity contribution is 0.733. The molecule has 2 N–H and O–H groups in total. The maximum Gasteiger partial charge on any atom is 0.1000 e. The van der Waals surface area contributed by atoms with Gasteiger partial charge in [-0.2, -0.15) is 0 Å². The van der Waals surface area contributed by atoms with Gasteiger partial charge < -0.3 is 5.73 Å². The van der Waals surface area contributed by atoms with Crippen molar-refractivity contribution in [3.05, 3.63) is 16.6 Å². The van der Waals surface area contributed by atoms with Crippen LogP contribution in [0.2, 0.25) is 0 Å². The van der Waals surface area contributed by atoms with Crippen molar-refractivity contribution in [3.8, 4) is 0 Å². The van der Waals surface area contributed by atoms with Gasteiger partial charge >= 0.3 is 0 Å². The van der Waals surface area contributed by atoms with Crippen LogP contribution in [0.4, 0.5) is 0 Å². The van der Waals surface area contributed by atoms with Crippen molar-refractivity contribution in [3.63, 3.8) is 0 Å². The Morgan fingerprint density at radius 3 is 3.00 bits per heavy atom. The summed E-state index contributed by atoms with van der Waals surface area (Å²) in [6, 6.07) is 0.346. The number of thiazole rings is 1. The molecule has 0 saturated heterocycles. The molecule has 54 valence electrons. The molecule has 0 bridgehead atoms. The maximum atomic E-state index is 5.76. The molecule has 0 spiro atoms. The molecule has 0 aromatic carbocycles. The van der Waals surface area contributed by atoms with E-state index in [0.29, 0.717) is 6.04 Å². The third-order valence-corrected chi connectivity index (χ3v) is 3.28. The lowest BCUT2D eigenvalue weighted by Gasteiger charge is -2.02. The molecule has 1 saturated carbocycles. The minimum Gasteiger partial charge on any atom is -0.327 e. The lowest BCUT2D eigenvalue weighted by Crippen LogP contribution is -2.13. The number of nitrogens with zero attached hydrogens (tertiary/aromatic N) is 1. The van der Waals surface area contributed by atoms with E-state index >= 15 is 0 Å². The second kappa shape index (κ2) is 1.80. The first-order valence-corrected chi connectivity index (χ1v) is 4.27. The summed E-state index contributed by atoms with van der Waals surface area (Å²) < 4.78 is 0. The zero-order valence-electron chi connectivity index (χ0n) is 5.87. The standard InChI is InChI=1S/C7H10N2S/c1-7(4-5(7)8)6-9-2-3-10-6/h2-3,5H,4,8H2,1H3. The lowest BCUT2D eigenvalue weighted by atomic mass is 10.1. The summed E-state index contributed by atoms with van der Waals surface area (Å²) in [5, 5.41) is 3.20. The molecule has 1 aliphatic carbocycles. The summed E-state index contributed by atoms with van der Waals surface area (Å²) in [6.07, 6.45) is 2.94. The van der Waals surface area contributed by atoms with Crippen molar-refractivity contribution in [1.29, 1.82) is 0 Å². The summed E-state index contributed by atoms with van der Waals surface area (Å²) in [6.45, 7) is 2.18. The highest BCUT2D eigenvalue weighted by atomic mass is 32.1. The first kappa shape index (κ1) is 6.31. The molecule has 10 heavy (non-hydrogen) atoms. The van der Waals surface area contributed by atoms with Crippen LogP contribution >= 0.6 is 11.3 Å². The topological polar surface area (TPSA) is 38.9 Å². The molecule has 2 rings (SSSR count). The van der Waals surface area contributed by atoms with Gasteiger partial charge in [0, 0.05) is 23.0 Å². The predicted molar refractivity (Wildman–Crippen MR) is 42.1 cm³/mol. The molecule has 1 aromatic rings. The minimum absolute atomic E-state index is 0.216. The minimum atomic E-state index is 0.216. The quantitative estimate of drug-likeness (QED) is 0.658. The van der Waals surface area contributed by atoms with E-state index in [1.165, 1.54) is 5.01 Å². The van der Waals surface area contributed by atoms with Gasteiger partial charge in [0.15, 0.2) is 0 Å². The number of hydrogen-bond donors (Lipinski definition) is 1. The van der Waals surface area contributed by atoms with Gasteiger partial charge in [-0.15, -0.1) is 11.3 Å². The van der Waals surface area contributed by atoms with Crippen LogP contribution < -0.4 is 5.73 Å². The maximum absolute atomic E-state index is 5.76. The molecule has 2 atom stereocenters. The van der Waals surface area contributed by atoms with E-state index in [0.717, 1.165) is 6.42 Å². The van der Waals surface area contributed by atoms with Crippen molar-refractivity contribution in [2.45, 2.75) is 24.8 Å². The molecule has 0 amide bonds. The number of rotatable bonds is 1. The zero-order chi connectivity index (χ0) is 7.19. The van der Waals surface area contributed by atoms with Crippen molar-refractivity contribution in [2.75, 3.05) is 0 Å². The molecule has 0 aliphatic heterocycles. The zero-order valence-corrected chi connectivity index (χ0v) is 6.69. The van der Waals surface area contributed by atoms with Crippen LogP contribution in [0.25, 0.3) is 0 Å². The molecule has 2 nitrogen and oxygen atoms in total. The molecule has 1 aliphatic rings. The largest absolute Gasteiger partial charge is 0.327 e. The monoisotopic (exact) mass is 154 g/mol. The molecule has 3 heteroatoms. The van der Waals surface area contributed by atoms with Crippen LogP contribution in [0.1, 0.15) is 18.4 Å². The van der Waals surface area contributed by atoms with Crippen LogP contribution in [0.5, 0.6) is 0 Å². The van der Waals surface area contributed by atoms with Crippen LogP contribution in [0, 0.1) is 0 Å². The average Bonchev–Trinajstić information content (AvgIpc) is 2.35. The summed E-state index contributed by atoms with van der Waals surface area (Å²) >= 11 is 1.70. The Hall–Kier alpha value is -0.410. The predicted octanol–water partition coefficient (Wildman–Crippen LogP) is 1.13. The average molecular weight is 154 g/mol. The van der Waals surface area contributed by atoms with E-state index in [1.54, 1.807) is 11.3 Å². The van der Waals surface area contributed by atoms with Gasteiger partial charge in [0.2, 0.25) is 0 Å². The van der Waals surface area contributed by atoms with Crippen LogP contribution in [-0.2, 0) is 5.41 Å². The van der Waals surface area contributed by atoms with E-state index in [2.05, 4.69) is 11.9 Å². The normalized spacial score (nSPS) is 38.0. The van der Waals surface area contributed by atoms with E-state index in [4.69, 9.17) is 5.73 Å². The Kier molecular flexibility index (Phi) is 1.13. The third-order valence-electron chi connectivity index (χ3n) is 2.22. The number of aromatic nitrogens is 1. The van der Waals surface area contributed by atoms with Gasteiger partial charge in [0.25, 0.3) is 0 Å². The van der Waals surface area contributed by atoms with Gasteiger partial charge in [-0.05, 0) is 6.42 Å². The summed E-state index contributed by atoms with van der Waals surface area (Å²) in [7, 11) is 0. The Balaban J connectivity index is 2.30. The van der Waals surface area contributed by atoms with Crippen molar-refractivity contribution < 1.29 is 0 Å². The van der Waals surface area contributed by atoms with Crippen LogP contribution in [0.3, 0.4) is 0 Å². The van der Waals surface area contributed by atoms with Crippen molar-refractivity contribution >= 4 is 11.3 Å². The fourth-order valence-electron chi connectivity index (χ4n) is 1.15. The van der Waals surface area contributed by atoms with Gasteiger partial charge in [-0.3, -0.25) is 0 Å².